The number of ether oxygens (including phenoxy) is 4. The van der Waals surface area contributed by atoms with Crippen molar-refractivity contribution in [2.24, 2.45) is 0 Å². The first-order valence-electron chi connectivity index (χ1n) is 11.3. The monoisotopic (exact) mass is 491 g/mol. The maximum absolute atomic E-state index is 15.1. The highest BCUT2D eigenvalue weighted by molar-refractivity contribution is 5.91. The number of fused-ring (bicyclic) bond motifs is 1. The Hall–Kier alpha value is -3.11. The molecule has 0 amide bonds. The van der Waals surface area contributed by atoms with Gasteiger partial charge in [-0.2, -0.15) is 8.78 Å². The van der Waals surface area contributed by atoms with Crippen LogP contribution >= 0.6 is 0 Å². The first-order valence-corrected chi connectivity index (χ1v) is 11.3. The summed E-state index contributed by atoms with van der Waals surface area (Å²) >= 11 is 0. The molecular formula is C25H28F3N3O4. The van der Waals surface area contributed by atoms with Gasteiger partial charge in [0.05, 0.1) is 30.9 Å². The minimum atomic E-state index is -3.42. The number of aryl methyl sites for hydroxylation is 1. The highest BCUT2D eigenvalue weighted by Crippen LogP contribution is 2.36. The van der Waals surface area contributed by atoms with Crippen molar-refractivity contribution >= 4 is 16.7 Å². The van der Waals surface area contributed by atoms with Crippen molar-refractivity contribution in [3.8, 4) is 11.5 Å². The van der Waals surface area contributed by atoms with Gasteiger partial charge in [0.25, 0.3) is 5.92 Å². The number of methoxy groups -OCH3 is 2. The quantitative estimate of drug-likeness (QED) is 0.358. The van der Waals surface area contributed by atoms with Gasteiger partial charge in [0, 0.05) is 30.7 Å². The van der Waals surface area contributed by atoms with Gasteiger partial charge in [0.1, 0.15) is 30.7 Å². The summed E-state index contributed by atoms with van der Waals surface area (Å²) in [6.07, 6.45) is 1.38. The molecule has 7 nitrogen and oxygen atoms in total. The number of anilines is 1. The first kappa shape index (κ1) is 25.0. The minimum Gasteiger partial charge on any atom is -0.493 e. The molecule has 0 aliphatic heterocycles. The van der Waals surface area contributed by atoms with Crippen molar-refractivity contribution in [2.75, 3.05) is 39.4 Å². The standard InChI is InChI=1S/C25H28F3N3O4/c1-15-30-20-12-21(33-3)22(34-10-9-32-2)11-18(20)24(31-15)29-13-16-5-4-6-19(23(16)26)25(27,28)14-35-17-7-8-17/h4-6,11-12,17H,7-10,13-14H2,1-3H3,(H,29,30,31). The number of benzene rings is 2. The van der Waals surface area contributed by atoms with Crippen LogP contribution in [0.3, 0.4) is 0 Å². The van der Waals surface area contributed by atoms with Crippen LogP contribution in [0.15, 0.2) is 30.3 Å². The van der Waals surface area contributed by atoms with Gasteiger partial charge in [-0.1, -0.05) is 12.1 Å². The predicted molar refractivity (Wildman–Crippen MR) is 125 cm³/mol. The average Bonchev–Trinajstić information content (AvgIpc) is 3.66. The summed E-state index contributed by atoms with van der Waals surface area (Å²) in [5.41, 5.74) is -0.00300. The Morgan fingerprint density at radius 2 is 1.89 bits per heavy atom. The zero-order valence-corrected chi connectivity index (χ0v) is 19.9. The van der Waals surface area contributed by atoms with Gasteiger partial charge in [0.2, 0.25) is 0 Å². The molecule has 0 saturated heterocycles. The highest BCUT2D eigenvalue weighted by atomic mass is 19.3. The van der Waals surface area contributed by atoms with Crippen molar-refractivity contribution in [1.82, 2.24) is 9.97 Å². The van der Waals surface area contributed by atoms with E-state index in [1.54, 1.807) is 26.2 Å². The van der Waals surface area contributed by atoms with Gasteiger partial charge in [-0.05, 0) is 31.9 Å². The molecule has 1 fully saturated rings. The fourth-order valence-electron chi connectivity index (χ4n) is 3.61. The lowest BCUT2D eigenvalue weighted by Gasteiger charge is -2.19. The first-order chi connectivity index (χ1) is 16.8. The van der Waals surface area contributed by atoms with E-state index >= 15 is 4.39 Å². The summed E-state index contributed by atoms with van der Waals surface area (Å²) in [5, 5.41) is 3.68. The van der Waals surface area contributed by atoms with E-state index in [0.717, 1.165) is 18.9 Å². The Bertz CT molecular complexity index is 1190. The third kappa shape index (κ3) is 5.94. The van der Waals surface area contributed by atoms with Crippen molar-refractivity contribution in [3.63, 3.8) is 0 Å². The molecule has 0 radical (unpaired) electrons. The van der Waals surface area contributed by atoms with Crippen molar-refractivity contribution < 1.29 is 32.1 Å². The number of hydrogen-bond donors (Lipinski definition) is 1. The van der Waals surface area contributed by atoms with Crippen molar-refractivity contribution in [2.45, 2.75) is 38.3 Å². The fourth-order valence-corrected chi connectivity index (χ4v) is 3.61. The molecule has 3 aromatic rings. The number of hydrogen-bond acceptors (Lipinski definition) is 7. The summed E-state index contributed by atoms with van der Waals surface area (Å²) in [6, 6.07) is 7.41. The molecule has 2 aromatic carbocycles. The van der Waals surface area contributed by atoms with Crippen molar-refractivity contribution in [3.05, 3.63) is 53.1 Å². The lowest BCUT2D eigenvalue weighted by Crippen LogP contribution is -2.24. The molecule has 0 atom stereocenters. The van der Waals surface area contributed by atoms with Crippen LogP contribution in [0.5, 0.6) is 11.5 Å². The van der Waals surface area contributed by atoms with Crippen LogP contribution in [0, 0.1) is 12.7 Å². The van der Waals surface area contributed by atoms with E-state index in [-0.39, 0.29) is 18.2 Å². The van der Waals surface area contributed by atoms with Gasteiger partial charge in [-0.25, -0.2) is 14.4 Å². The Morgan fingerprint density at radius 1 is 1.09 bits per heavy atom. The lowest BCUT2D eigenvalue weighted by atomic mass is 10.0. The maximum Gasteiger partial charge on any atom is 0.298 e. The normalized spacial score (nSPS) is 13.8. The topological polar surface area (TPSA) is 74.7 Å². The lowest BCUT2D eigenvalue weighted by molar-refractivity contribution is -0.0894. The smallest absolute Gasteiger partial charge is 0.298 e. The van der Waals surface area contributed by atoms with Crippen LogP contribution in [0.25, 0.3) is 10.9 Å². The van der Waals surface area contributed by atoms with E-state index in [2.05, 4.69) is 15.3 Å². The van der Waals surface area contributed by atoms with E-state index in [1.165, 1.54) is 19.2 Å². The Morgan fingerprint density at radius 3 is 2.60 bits per heavy atom. The van der Waals surface area contributed by atoms with E-state index in [1.807, 2.05) is 0 Å². The summed E-state index contributed by atoms with van der Waals surface area (Å²) in [7, 11) is 3.10. The largest absolute Gasteiger partial charge is 0.493 e. The van der Waals surface area contributed by atoms with Crippen LogP contribution in [-0.4, -0.2) is 50.1 Å². The minimum absolute atomic E-state index is 0.0588. The number of halogens is 3. The molecule has 1 aliphatic carbocycles. The van der Waals surface area contributed by atoms with Crippen LogP contribution in [-0.2, 0) is 21.9 Å². The Kier molecular flexibility index (Phi) is 7.61. The van der Waals surface area contributed by atoms with Crippen LogP contribution in [0.2, 0.25) is 0 Å². The van der Waals surface area contributed by atoms with Gasteiger partial charge >= 0.3 is 0 Å². The molecule has 10 heteroatoms. The van der Waals surface area contributed by atoms with E-state index in [9.17, 15) is 8.78 Å². The third-order valence-corrected chi connectivity index (χ3v) is 5.58. The Balaban J connectivity index is 1.59. The van der Waals surface area contributed by atoms with E-state index < -0.39 is 23.9 Å². The number of alkyl halides is 2. The second-order valence-electron chi connectivity index (χ2n) is 8.33. The molecule has 1 saturated carbocycles. The molecule has 1 heterocycles. The fraction of sp³-hybridized carbons (Fsp3) is 0.440. The van der Waals surface area contributed by atoms with Crippen LogP contribution in [0.1, 0.15) is 29.8 Å². The molecule has 0 spiro atoms. The second-order valence-corrected chi connectivity index (χ2v) is 8.33. The number of aromatic nitrogens is 2. The molecule has 0 bridgehead atoms. The van der Waals surface area contributed by atoms with Crippen LogP contribution in [0.4, 0.5) is 19.0 Å². The average molecular weight is 492 g/mol. The zero-order valence-electron chi connectivity index (χ0n) is 19.9. The number of rotatable bonds is 12. The molecule has 1 aromatic heterocycles. The zero-order chi connectivity index (χ0) is 25.0. The summed E-state index contributed by atoms with van der Waals surface area (Å²) < 4.78 is 65.6. The maximum atomic E-state index is 15.1. The third-order valence-electron chi connectivity index (χ3n) is 5.58. The van der Waals surface area contributed by atoms with E-state index in [0.29, 0.717) is 47.3 Å². The molecule has 188 valence electrons. The summed E-state index contributed by atoms with van der Waals surface area (Å²) in [5.74, 6) is -2.53. The van der Waals surface area contributed by atoms with Gasteiger partial charge in [-0.15, -0.1) is 0 Å². The summed E-state index contributed by atoms with van der Waals surface area (Å²) in [6.45, 7) is 1.53. The molecule has 4 rings (SSSR count). The molecule has 1 N–H and O–H groups in total. The number of nitrogens with zero attached hydrogens (tertiary/aromatic N) is 2. The second kappa shape index (κ2) is 10.7. The molecule has 1 aliphatic rings. The summed E-state index contributed by atoms with van der Waals surface area (Å²) in [4.78, 5) is 8.87. The number of nitrogens with one attached hydrogen (secondary N) is 1. The SMILES string of the molecule is COCCOc1cc2c(NCc3cccc(C(F)(F)COC4CC4)c3F)nc(C)nc2cc1OC. The van der Waals surface area contributed by atoms with Gasteiger partial charge < -0.3 is 24.3 Å². The van der Waals surface area contributed by atoms with Gasteiger partial charge in [-0.3, -0.25) is 0 Å². The molecule has 35 heavy (non-hydrogen) atoms. The van der Waals surface area contributed by atoms with Crippen molar-refractivity contribution in [1.29, 1.82) is 0 Å². The predicted octanol–water partition coefficient (Wildman–Crippen LogP) is 4.99. The molecular weight excluding hydrogens is 463 g/mol. The van der Waals surface area contributed by atoms with Crippen LogP contribution < -0.4 is 14.8 Å². The highest BCUT2D eigenvalue weighted by Gasteiger charge is 2.38. The van der Waals surface area contributed by atoms with Gasteiger partial charge in [0.15, 0.2) is 11.5 Å². The Labute approximate surface area is 201 Å². The molecule has 0 unspecified atom stereocenters. The van der Waals surface area contributed by atoms with E-state index in [4.69, 9.17) is 18.9 Å².